The lowest BCUT2D eigenvalue weighted by Gasteiger charge is -2.31. The summed E-state index contributed by atoms with van der Waals surface area (Å²) in [6.07, 6.45) is 13.1. The Morgan fingerprint density at radius 1 is 1.14 bits per heavy atom. The molecule has 10 heteroatoms. The van der Waals surface area contributed by atoms with E-state index in [0.717, 1.165) is 74.6 Å². The van der Waals surface area contributed by atoms with E-state index in [1.165, 1.54) is 24.0 Å². The zero-order valence-corrected chi connectivity index (χ0v) is 26.3. The van der Waals surface area contributed by atoms with Gasteiger partial charge in [-0.3, -0.25) is 9.78 Å². The molecule has 2 fully saturated rings. The minimum absolute atomic E-state index is 0.0148. The van der Waals surface area contributed by atoms with Crippen molar-refractivity contribution in [3.8, 4) is 5.69 Å². The summed E-state index contributed by atoms with van der Waals surface area (Å²) in [5.74, 6) is 0.476. The number of aryl methyl sites for hydroxylation is 1. The molecule has 1 amide bonds. The Labute approximate surface area is 249 Å². The Hall–Kier alpha value is -2.82. The molecular weight excluding hydrogens is 553 g/mol. The molecule has 5 rings (SSSR count). The molecule has 1 aliphatic carbocycles. The van der Waals surface area contributed by atoms with E-state index in [1.54, 1.807) is 18.0 Å². The second-order valence-corrected chi connectivity index (χ2v) is 14.6. The van der Waals surface area contributed by atoms with Crippen LogP contribution in [0.15, 0.2) is 36.8 Å². The smallest absolute Gasteiger partial charge is 0.256 e. The second kappa shape index (κ2) is 12.4. The minimum atomic E-state index is -3.15. The van der Waals surface area contributed by atoms with E-state index in [1.807, 2.05) is 30.8 Å². The number of carbonyl (C=O) groups excluding carboxylic acids is 1. The highest BCUT2D eigenvalue weighted by Gasteiger charge is 2.29. The first kappa shape index (κ1) is 30.6. The van der Waals surface area contributed by atoms with Gasteiger partial charge in [-0.15, -0.1) is 0 Å². The van der Waals surface area contributed by atoms with Crippen molar-refractivity contribution in [1.29, 1.82) is 0 Å². The van der Waals surface area contributed by atoms with Crippen molar-refractivity contribution in [2.24, 2.45) is 11.8 Å². The Kier molecular flexibility index (Phi) is 9.06. The number of hydrogen-bond donors (Lipinski definition) is 1. The second-order valence-electron chi connectivity index (χ2n) is 12.8. The third-order valence-corrected chi connectivity index (χ3v) is 9.91. The minimum Gasteiger partial charge on any atom is -0.339 e. The van der Waals surface area contributed by atoms with Crippen LogP contribution in [-0.4, -0.2) is 78.7 Å². The molecule has 1 saturated carbocycles. The summed E-state index contributed by atoms with van der Waals surface area (Å²) >= 11 is 0. The van der Waals surface area contributed by atoms with Gasteiger partial charge in [-0.1, -0.05) is 0 Å². The number of pyridine rings is 1. The van der Waals surface area contributed by atoms with Gasteiger partial charge in [-0.2, -0.15) is 0 Å². The highest BCUT2D eigenvalue weighted by molar-refractivity contribution is 7.88. The Morgan fingerprint density at radius 2 is 1.88 bits per heavy atom. The van der Waals surface area contributed by atoms with Crippen LogP contribution in [-0.2, 0) is 16.4 Å². The summed E-state index contributed by atoms with van der Waals surface area (Å²) < 4.78 is 42.4. The number of fused-ring (bicyclic) bond motifs is 1. The average Bonchev–Trinajstić information content (AvgIpc) is 3.53. The van der Waals surface area contributed by atoms with Gasteiger partial charge in [0.25, 0.3) is 5.91 Å². The number of aromatic nitrogens is 2. The number of sulfonamides is 1. The van der Waals surface area contributed by atoms with Crippen molar-refractivity contribution in [2.75, 3.05) is 32.9 Å². The molecule has 0 spiro atoms. The molecule has 3 aromatic rings. The van der Waals surface area contributed by atoms with Crippen LogP contribution in [0.25, 0.3) is 16.6 Å². The van der Waals surface area contributed by atoms with E-state index in [4.69, 9.17) is 0 Å². The first-order valence-electron chi connectivity index (χ1n) is 15.1. The largest absolute Gasteiger partial charge is 0.339 e. The SMILES string of the molecule is Cc1cncc2c1c(C[C@@H]1CCN(CC3CCC(NS(C)(=O)=O)CC3)C1)cn2-c1ccc(F)cc1C(=O)N(C)C(C)C. The van der Waals surface area contributed by atoms with Crippen LogP contribution >= 0.6 is 0 Å². The molecule has 0 bridgehead atoms. The molecular formula is C32H44FN5O3S. The van der Waals surface area contributed by atoms with Crippen LogP contribution in [0.3, 0.4) is 0 Å². The number of benzene rings is 1. The third kappa shape index (κ3) is 6.87. The number of hydrogen-bond acceptors (Lipinski definition) is 5. The van der Waals surface area contributed by atoms with Crippen LogP contribution in [0.4, 0.5) is 4.39 Å². The number of amides is 1. The lowest BCUT2D eigenvalue weighted by atomic mass is 9.86. The number of carbonyl (C=O) groups is 1. The van der Waals surface area contributed by atoms with Crippen molar-refractivity contribution in [3.05, 3.63) is 59.3 Å². The molecule has 8 nitrogen and oxygen atoms in total. The molecule has 42 heavy (non-hydrogen) atoms. The maximum atomic E-state index is 14.4. The third-order valence-electron chi connectivity index (χ3n) is 9.15. The van der Waals surface area contributed by atoms with E-state index in [-0.39, 0.29) is 18.0 Å². The number of rotatable bonds is 9. The standard InChI is InChI=1S/C32H44FN5O3S/c1-21(2)36(4)32(39)28-15-26(33)8-11-29(28)38-20-25(31-22(3)16-34-17-30(31)38)14-24-12-13-37(19-24)18-23-6-9-27(10-7-23)35-42(5,40)41/h8,11,15-17,20-21,23-24,27,35H,6-7,9-10,12-14,18-19H2,1-5H3/t23?,24-,27?/m0/s1. The molecule has 2 aliphatic rings. The molecule has 228 valence electrons. The fourth-order valence-electron chi connectivity index (χ4n) is 6.80. The highest BCUT2D eigenvalue weighted by Crippen LogP contribution is 2.33. The highest BCUT2D eigenvalue weighted by atomic mass is 32.2. The van der Waals surface area contributed by atoms with E-state index >= 15 is 0 Å². The van der Waals surface area contributed by atoms with Crippen molar-refractivity contribution in [1.82, 2.24) is 24.1 Å². The molecule has 1 saturated heterocycles. The van der Waals surface area contributed by atoms with Gasteiger partial charge in [-0.25, -0.2) is 17.5 Å². The van der Waals surface area contributed by atoms with Crippen LogP contribution in [0, 0.1) is 24.6 Å². The molecule has 1 aliphatic heterocycles. The number of halogens is 1. The van der Waals surface area contributed by atoms with Gasteiger partial charge in [0.2, 0.25) is 10.0 Å². The van der Waals surface area contributed by atoms with E-state index in [9.17, 15) is 17.6 Å². The Balaban J connectivity index is 1.33. The van der Waals surface area contributed by atoms with Gasteiger partial charge in [-0.05, 0) is 107 Å². The lowest BCUT2D eigenvalue weighted by molar-refractivity contribution is 0.0754. The maximum Gasteiger partial charge on any atom is 0.256 e. The van der Waals surface area contributed by atoms with Gasteiger partial charge in [0.15, 0.2) is 0 Å². The summed E-state index contributed by atoms with van der Waals surface area (Å²) in [5.41, 5.74) is 4.23. The zero-order chi connectivity index (χ0) is 30.2. The quantitative estimate of drug-likeness (QED) is 0.378. The summed E-state index contributed by atoms with van der Waals surface area (Å²) in [5, 5.41) is 1.15. The van der Waals surface area contributed by atoms with Gasteiger partial charge in [0.05, 0.1) is 29.2 Å². The van der Waals surface area contributed by atoms with Crippen molar-refractivity contribution in [2.45, 2.75) is 71.4 Å². The Morgan fingerprint density at radius 3 is 2.57 bits per heavy atom. The van der Waals surface area contributed by atoms with Gasteiger partial charge < -0.3 is 14.4 Å². The van der Waals surface area contributed by atoms with Gasteiger partial charge >= 0.3 is 0 Å². The zero-order valence-electron chi connectivity index (χ0n) is 25.4. The van der Waals surface area contributed by atoms with Crippen molar-refractivity contribution >= 4 is 26.8 Å². The van der Waals surface area contributed by atoms with Crippen molar-refractivity contribution in [3.63, 3.8) is 0 Å². The lowest BCUT2D eigenvalue weighted by Crippen LogP contribution is -2.39. The summed E-state index contributed by atoms with van der Waals surface area (Å²) in [4.78, 5) is 22.1. The number of likely N-dealkylation sites (tertiary alicyclic amines) is 1. The fraction of sp³-hybridized carbons (Fsp3) is 0.562. The average molecular weight is 598 g/mol. The normalized spacial score (nSPS) is 21.8. The summed E-state index contributed by atoms with van der Waals surface area (Å²) in [6, 6.07) is 4.50. The van der Waals surface area contributed by atoms with Crippen LogP contribution in [0.1, 0.15) is 67.4 Å². The first-order valence-corrected chi connectivity index (χ1v) is 17.0. The summed E-state index contributed by atoms with van der Waals surface area (Å²) in [6.45, 7) is 9.14. The Bertz CT molecular complexity index is 1540. The molecule has 1 N–H and O–H groups in total. The molecule has 0 radical (unpaired) electrons. The van der Waals surface area contributed by atoms with Crippen LogP contribution in [0.2, 0.25) is 0 Å². The molecule has 1 atom stereocenters. The van der Waals surface area contributed by atoms with Crippen LogP contribution < -0.4 is 4.72 Å². The predicted molar refractivity (Wildman–Crippen MR) is 165 cm³/mol. The number of nitrogens with zero attached hydrogens (tertiary/aromatic N) is 4. The maximum absolute atomic E-state index is 14.4. The van der Waals surface area contributed by atoms with E-state index in [0.29, 0.717) is 23.1 Å². The van der Waals surface area contributed by atoms with Gasteiger partial charge in [0.1, 0.15) is 5.82 Å². The molecule has 1 aromatic carbocycles. The predicted octanol–water partition coefficient (Wildman–Crippen LogP) is 4.93. The van der Waals surface area contributed by atoms with E-state index in [2.05, 4.69) is 27.7 Å². The fourth-order valence-corrected chi connectivity index (χ4v) is 7.64. The van der Waals surface area contributed by atoms with Crippen LogP contribution in [0.5, 0.6) is 0 Å². The van der Waals surface area contributed by atoms with Crippen molar-refractivity contribution < 1.29 is 17.6 Å². The topological polar surface area (TPSA) is 87.5 Å². The first-order chi connectivity index (χ1) is 19.9. The molecule has 0 unspecified atom stereocenters. The number of nitrogens with one attached hydrogen (secondary N) is 1. The summed E-state index contributed by atoms with van der Waals surface area (Å²) in [7, 11) is -1.41. The van der Waals surface area contributed by atoms with E-state index < -0.39 is 15.8 Å². The molecule has 2 aromatic heterocycles. The van der Waals surface area contributed by atoms with Gasteiger partial charge in [0, 0.05) is 50.0 Å². The molecule has 3 heterocycles. The monoisotopic (exact) mass is 597 g/mol.